The lowest BCUT2D eigenvalue weighted by Crippen LogP contribution is -2.04. The van der Waals surface area contributed by atoms with Gasteiger partial charge in [0, 0.05) is 6.26 Å². The van der Waals surface area contributed by atoms with Crippen LogP contribution in [0.3, 0.4) is 0 Å². The van der Waals surface area contributed by atoms with Crippen molar-refractivity contribution >= 4 is 15.4 Å². The fourth-order valence-corrected chi connectivity index (χ4v) is 2.84. The van der Waals surface area contributed by atoms with Crippen molar-refractivity contribution in [2.45, 2.75) is 11.0 Å². The number of halogens is 1. The smallest absolute Gasteiger partial charge is 0.175 e. The Kier molecular flexibility index (Phi) is 5.30. The third-order valence-corrected chi connectivity index (χ3v) is 4.54. The van der Waals surface area contributed by atoms with Crippen LogP contribution < -0.4 is 0 Å². The van der Waals surface area contributed by atoms with Crippen LogP contribution in [0.5, 0.6) is 0 Å². The molecule has 0 aromatic heterocycles. The molecule has 2 aromatic carbocycles. The first-order chi connectivity index (χ1) is 10.8. The standard InChI is InChI=1S/C17H17FO4S/c1-23(21,22)15-8-4-13(5-9-15)17(20)16(10-11-19)12-2-6-14(18)7-3-12/h2-10,17,19-20H,11H2,1H3. The van der Waals surface area contributed by atoms with Crippen LogP contribution >= 0.6 is 0 Å². The van der Waals surface area contributed by atoms with Gasteiger partial charge in [-0.05, 0) is 41.0 Å². The molecular formula is C17H17FO4S. The summed E-state index contributed by atoms with van der Waals surface area (Å²) in [4.78, 5) is 0.155. The van der Waals surface area contributed by atoms with Crippen molar-refractivity contribution < 1.29 is 23.0 Å². The number of aliphatic hydroxyl groups is 2. The maximum atomic E-state index is 13.0. The summed E-state index contributed by atoms with van der Waals surface area (Å²) in [6.45, 7) is -0.287. The molecule has 0 saturated carbocycles. The van der Waals surface area contributed by atoms with E-state index >= 15 is 0 Å². The molecule has 0 fully saturated rings. The largest absolute Gasteiger partial charge is 0.392 e. The van der Waals surface area contributed by atoms with E-state index in [-0.39, 0.29) is 11.5 Å². The van der Waals surface area contributed by atoms with E-state index in [1.165, 1.54) is 54.6 Å². The van der Waals surface area contributed by atoms with E-state index in [1.807, 2.05) is 0 Å². The summed E-state index contributed by atoms with van der Waals surface area (Å²) in [5, 5.41) is 19.7. The van der Waals surface area contributed by atoms with E-state index in [2.05, 4.69) is 0 Å². The molecule has 23 heavy (non-hydrogen) atoms. The second kappa shape index (κ2) is 7.04. The van der Waals surface area contributed by atoms with Gasteiger partial charge >= 0.3 is 0 Å². The summed E-state index contributed by atoms with van der Waals surface area (Å²) in [5.41, 5.74) is 1.46. The lowest BCUT2D eigenvalue weighted by molar-refractivity contribution is 0.236. The third-order valence-electron chi connectivity index (χ3n) is 3.41. The van der Waals surface area contributed by atoms with Gasteiger partial charge in [0.05, 0.1) is 11.5 Å². The Morgan fingerprint density at radius 2 is 1.70 bits per heavy atom. The molecule has 0 spiro atoms. The van der Waals surface area contributed by atoms with Crippen LogP contribution in [-0.4, -0.2) is 31.5 Å². The number of hydrogen-bond acceptors (Lipinski definition) is 4. The lowest BCUT2D eigenvalue weighted by atomic mass is 9.95. The zero-order valence-electron chi connectivity index (χ0n) is 12.5. The lowest BCUT2D eigenvalue weighted by Gasteiger charge is -2.16. The number of aliphatic hydroxyl groups excluding tert-OH is 2. The van der Waals surface area contributed by atoms with Gasteiger partial charge in [0.2, 0.25) is 0 Å². The van der Waals surface area contributed by atoms with Gasteiger partial charge in [0.1, 0.15) is 11.9 Å². The molecule has 2 aromatic rings. The highest BCUT2D eigenvalue weighted by molar-refractivity contribution is 7.90. The van der Waals surface area contributed by atoms with Crippen molar-refractivity contribution in [3.8, 4) is 0 Å². The van der Waals surface area contributed by atoms with Crippen molar-refractivity contribution in [3.05, 3.63) is 71.6 Å². The highest BCUT2D eigenvalue weighted by Crippen LogP contribution is 2.30. The van der Waals surface area contributed by atoms with Crippen molar-refractivity contribution in [3.63, 3.8) is 0 Å². The average Bonchev–Trinajstić information content (AvgIpc) is 2.52. The quantitative estimate of drug-likeness (QED) is 0.879. The zero-order valence-corrected chi connectivity index (χ0v) is 13.3. The average molecular weight is 336 g/mol. The molecule has 0 aliphatic rings. The molecule has 0 aliphatic carbocycles. The van der Waals surface area contributed by atoms with Crippen LogP contribution in [0.1, 0.15) is 17.2 Å². The Morgan fingerprint density at radius 3 is 2.17 bits per heavy atom. The van der Waals surface area contributed by atoms with E-state index in [0.717, 1.165) is 6.26 Å². The highest BCUT2D eigenvalue weighted by atomic mass is 32.2. The van der Waals surface area contributed by atoms with Gasteiger partial charge in [-0.2, -0.15) is 0 Å². The normalized spacial score (nSPS) is 13.8. The van der Waals surface area contributed by atoms with Crippen LogP contribution in [0.15, 0.2) is 59.5 Å². The molecule has 0 heterocycles. The van der Waals surface area contributed by atoms with Gasteiger partial charge in [0.25, 0.3) is 0 Å². The third kappa shape index (κ3) is 4.25. The summed E-state index contributed by atoms with van der Waals surface area (Å²) < 4.78 is 36.0. The van der Waals surface area contributed by atoms with Crippen molar-refractivity contribution in [2.24, 2.45) is 0 Å². The maximum absolute atomic E-state index is 13.0. The van der Waals surface area contributed by atoms with Gasteiger partial charge in [-0.1, -0.05) is 30.3 Å². The van der Waals surface area contributed by atoms with Gasteiger partial charge in [-0.3, -0.25) is 0 Å². The fourth-order valence-electron chi connectivity index (χ4n) is 2.20. The van der Waals surface area contributed by atoms with Crippen molar-refractivity contribution in [1.82, 2.24) is 0 Å². The molecular weight excluding hydrogens is 319 g/mol. The second-order valence-corrected chi connectivity index (χ2v) is 7.11. The van der Waals surface area contributed by atoms with Gasteiger partial charge in [0.15, 0.2) is 9.84 Å². The van der Waals surface area contributed by atoms with E-state index in [9.17, 15) is 17.9 Å². The first kappa shape index (κ1) is 17.3. The minimum absolute atomic E-state index is 0.155. The highest BCUT2D eigenvalue weighted by Gasteiger charge is 2.16. The molecule has 4 nitrogen and oxygen atoms in total. The Labute approximate surface area is 134 Å². The van der Waals surface area contributed by atoms with Crippen LogP contribution in [0.2, 0.25) is 0 Å². The molecule has 0 bridgehead atoms. The molecule has 0 saturated heterocycles. The number of sulfone groups is 1. The van der Waals surface area contributed by atoms with Crippen LogP contribution in [0, 0.1) is 5.82 Å². The molecule has 0 aliphatic heterocycles. The first-order valence-corrected chi connectivity index (χ1v) is 8.77. The monoisotopic (exact) mass is 336 g/mol. The second-order valence-electron chi connectivity index (χ2n) is 5.09. The fraction of sp³-hybridized carbons (Fsp3) is 0.176. The van der Waals surface area contributed by atoms with Gasteiger partial charge in [-0.25, -0.2) is 12.8 Å². The summed E-state index contributed by atoms with van der Waals surface area (Å²) in [7, 11) is -3.31. The topological polar surface area (TPSA) is 74.6 Å². The molecule has 6 heteroatoms. The summed E-state index contributed by atoms with van der Waals surface area (Å²) in [5.74, 6) is -0.399. The Balaban J connectivity index is 2.37. The Bertz CT molecular complexity index is 793. The predicted octanol–water partition coefficient (Wildman–Crippen LogP) is 2.34. The van der Waals surface area contributed by atoms with Gasteiger partial charge in [-0.15, -0.1) is 0 Å². The number of rotatable bonds is 5. The van der Waals surface area contributed by atoms with E-state index in [1.54, 1.807) is 0 Å². The van der Waals surface area contributed by atoms with E-state index in [0.29, 0.717) is 16.7 Å². The predicted molar refractivity (Wildman–Crippen MR) is 86.0 cm³/mol. The molecule has 0 radical (unpaired) electrons. The molecule has 122 valence electrons. The summed E-state index contributed by atoms with van der Waals surface area (Å²) >= 11 is 0. The van der Waals surface area contributed by atoms with E-state index < -0.39 is 21.8 Å². The maximum Gasteiger partial charge on any atom is 0.175 e. The van der Waals surface area contributed by atoms with Crippen LogP contribution in [0.25, 0.3) is 5.57 Å². The summed E-state index contributed by atoms with van der Waals surface area (Å²) in [6, 6.07) is 11.4. The minimum Gasteiger partial charge on any atom is -0.392 e. The Hall–Kier alpha value is -2.02. The molecule has 2 rings (SSSR count). The van der Waals surface area contributed by atoms with Crippen molar-refractivity contribution in [1.29, 1.82) is 0 Å². The molecule has 1 unspecified atom stereocenters. The van der Waals surface area contributed by atoms with Crippen molar-refractivity contribution in [2.75, 3.05) is 12.9 Å². The Morgan fingerprint density at radius 1 is 1.13 bits per heavy atom. The zero-order chi connectivity index (χ0) is 17.0. The molecule has 2 N–H and O–H groups in total. The van der Waals surface area contributed by atoms with E-state index in [4.69, 9.17) is 5.11 Å². The first-order valence-electron chi connectivity index (χ1n) is 6.88. The number of benzene rings is 2. The van der Waals surface area contributed by atoms with Gasteiger partial charge < -0.3 is 10.2 Å². The van der Waals surface area contributed by atoms with Crippen LogP contribution in [-0.2, 0) is 9.84 Å². The minimum atomic E-state index is -3.31. The SMILES string of the molecule is CS(=O)(=O)c1ccc(C(O)C(=CCO)c2ccc(F)cc2)cc1. The molecule has 1 atom stereocenters. The van der Waals surface area contributed by atoms with Crippen LogP contribution in [0.4, 0.5) is 4.39 Å². The number of hydrogen-bond donors (Lipinski definition) is 2. The molecule has 0 amide bonds. The summed E-state index contributed by atoms with van der Waals surface area (Å²) in [6.07, 6.45) is 1.47.